The molecule has 10 heteroatoms. The van der Waals surface area contributed by atoms with Crippen LogP contribution >= 0.6 is 11.3 Å². The molecule has 36 heavy (non-hydrogen) atoms. The standard InChI is InChI=1S/C26H29FN6O2S/c1-4-20-24(31(3)25-29-22(16-36-25)17-6-8-19(27)9-7-17)33-23(28-20)11-10-21(30-33)18-12-14-32(15-13-18)26(34)35-5-2/h6-11,16,18H,4-5,12-15H2,1-3H3. The average molecular weight is 509 g/mol. The molecule has 0 aliphatic carbocycles. The molecule has 4 aromatic rings. The number of carbonyl (C=O) groups is 1. The molecule has 1 fully saturated rings. The summed E-state index contributed by atoms with van der Waals surface area (Å²) >= 11 is 1.52. The van der Waals surface area contributed by atoms with Crippen LogP contribution in [0.15, 0.2) is 41.8 Å². The number of carbonyl (C=O) groups excluding carboxylic acids is 1. The maximum atomic E-state index is 13.3. The second kappa shape index (κ2) is 10.2. The smallest absolute Gasteiger partial charge is 0.409 e. The van der Waals surface area contributed by atoms with Crippen LogP contribution in [-0.2, 0) is 11.2 Å². The minimum Gasteiger partial charge on any atom is -0.450 e. The number of nitrogens with zero attached hydrogens (tertiary/aromatic N) is 6. The molecule has 0 spiro atoms. The zero-order valence-corrected chi connectivity index (χ0v) is 21.5. The number of likely N-dealkylation sites (tertiary alicyclic amines) is 1. The third-order valence-electron chi connectivity index (χ3n) is 6.55. The van der Waals surface area contributed by atoms with E-state index in [0.717, 1.165) is 58.5 Å². The van der Waals surface area contributed by atoms with Crippen LogP contribution in [0, 0.1) is 5.82 Å². The molecule has 1 saturated heterocycles. The summed E-state index contributed by atoms with van der Waals surface area (Å²) in [7, 11) is 1.97. The molecule has 1 amide bonds. The molecule has 188 valence electrons. The fourth-order valence-electron chi connectivity index (χ4n) is 4.61. The van der Waals surface area contributed by atoms with E-state index in [2.05, 4.69) is 6.92 Å². The van der Waals surface area contributed by atoms with Crippen LogP contribution in [0.2, 0.25) is 0 Å². The number of hydrogen-bond donors (Lipinski definition) is 0. The number of hydrogen-bond acceptors (Lipinski definition) is 7. The Bertz CT molecular complexity index is 1360. The SMILES string of the molecule is CCOC(=O)N1CCC(c2ccc3nc(CC)c(N(C)c4nc(-c5ccc(F)cc5)cs4)n3n2)CC1. The van der Waals surface area contributed by atoms with Crippen molar-refractivity contribution < 1.29 is 13.9 Å². The molecule has 8 nitrogen and oxygen atoms in total. The van der Waals surface area contributed by atoms with Gasteiger partial charge in [0.25, 0.3) is 0 Å². The lowest BCUT2D eigenvalue weighted by Gasteiger charge is -2.30. The van der Waals surface area contributed by atoms with Crippen LogP contribution in [-0.4, -0.2) is 57.3 Å². The highest BCUT2D eigenvalue weighted by Crippen LogP contribution is 2.34. The first-order valence-corrected chi connectivity index (χ1v) is 13.1. The fraction of sp³-hybridized carbons (Fsp3) is 0.385. The molecule has 3 aromatic heterocycles. The number of imidazole rings is 1. The first kappa shape index (κ1) is 24.2. The van der Waals surface area contributed by atoms with Crippen LogP contribution in [0.5, 0.6) is 0 Å². The lowest BCUT2D eigenvalue weighted by molar-refractivity contribution is 0.0968. The Morgan fingerprint density at radius 2 is 1.89 bits per heavy atom. The number of piperidine rings is 1. The van der Waals surface area contributed by atoms with E-state index >= 15 is 0 Å². The van der Waals surface area contributed by atoms with Crippen LogP contribution in [0.3, 0.4) is 0 Å². The molecular formula is C26H29FN6O2S. The Hall–Kier alpha value is -3.53. The van der Waals surface area contributed by atoms with Crippen molar-refractivity contribution in [3.63, 3.8) is 0 Å². The maximum absolute atomic E-state index is 13.3. The number of amides is 1. The monoisotopic (exact) mass is 508 g/mol. The molecule has 0 radical (unpaired) electrons. The van der Waals surface area contributed by atoms with Gasteiger partial charge in [0.1, 0.15) is 5.82 Å². The zero-order chi connectivity index (χ0) is 25.2. The lowest BCUT2D eigenvalue weighted by atomic mass is 9.93. The van der Waals surface area contributed by atoms with E-state index in [1.807, 2.05) is 40.9 Å². The molecule has 0 bridgehead atoms. The summed E-state index contributed by atoms with van der Waals surface area (Å²) in [6.45, 7) is 5.61. The number of fused-ring (bicyclic) bond motifs is 1. The second-order valence-corrected chi connectivity index (χ2v) is 9.64. The van der Waals surface area contributed by atoms with Gasteiger partial charge in [-0.2, -0.15) is 9.61 Å². The molecular weight excluding hydrogens is 479 g/mol. The number of ether oxygens (including phenoxy) is 1. The number of benzene rings is 1. The van der Waals surface area contributed by atoms with Gasteiger partial charge in [-0.05, 0) is 62.6 Å². The van der Waals surface area contributed by atoms with Crippen LogP contribution < -0.4 is 4.90 Å². The highest BCUT2D eigenvalue weighted by molar-refractivity contribution is 7.14. The van der Waals surface area contributed by atoms with Crippen molar-refractivity contribution in [3.05, 3.63) is 59.0 Å². The normalized spacial score (nSPS) is 14.4. The summed E-state index contributed by atoms with van der Waals surface area (Å²) < 4.78 is 20.4. The van der Waals surface area contributed by atoms with Gasteiger partial charge in [0, 0.05) is 37.0 Å². The lowest BCUT2D eigenvalue weighted by Crippen LogP contribution is -2.38. The molecule has 0 N–H and O–H groups in total. The van der Waals surface area contributed by atoms with Crippen molar-refractivity contribution in [1.29, 1.82) is 0 Å². The summed E-state index contributed by atoms with van der Waals surface area (Å²) in [6.07, 6.45) is 2.19. The number of halogens is 1. The van der Waals surface area contributed by atoms with Gasteiger partial charge >= 0.3 is 6.09 Å². The Balaban J connectivity index is 1.42. The molecule has 1 aliphatic heterocycles. The number of aryl methyl sites for hydroxylation is 1. The van der Waals surface area contributed by atoms with Gasteiger partial charge in [-0.25, -0.2) is 19.2 Å². The molecule has 1 aromatic carbocycles. The van der Waals surface area contributed by atoms with Gasteiger partial charge < -0.3 is 14.5 Å². The van der Waals surface area contributed by atoms with Crippen molar-refractivity contribution >= 4 is 34.0 Å². The van der Waals surface area contributed by atoms with Crippen molar-refractivity contribution in [3.8, 4) is 11.3 Å². The molecule has 1 aliphatic rings. The van der Waals surface area contributed by atoms with Crippen molar-refractivity contribution in [2.75, 3.05) is 31.6 Å². The van der Waals surface area contributed by atoms with Crippen molar-refractivity contribution in [2.24, 2.45) is 0 Å². The topological polar surface area (TPSA) is 75.9 Å². The molecule has 0 saturated carbocycles. The van der Waals surface area contributed by atoms with Crippen molar-refractivity contribution in [1.82, 2.24) is 24.5 Å². The molecule has 4 heterocycles. The van der Waals surface area contributed by atoms with Crippen LogP contribution in [0.1, 0.15) is 44.0 Å². The second-order valence-electron chi connectivity index (χ2n) is 8.81. The first-order valence-electron chi connectivity index (χ1n) is 12.2. The summed E-state index contributed by atoms with van der Waals surface area (Å²) in [5.74, 6) is 0.882. The van der Waals surface area contributed by atoms with Crippen LogP contribution in [0.4, 0.5) is 20.1 Å². The third-order valence-corrected chi connectivity index (χ3v) is 7.47. The number of thiazole rings is 1. The van der Waals surface area contributed by atoms with Gasteiger partial charge in [-0.1, -0.05) is 6.92 Å². The molecule has 0 unspecified atom stereocenters. The number of anilines is 2. The highest BCUT2D eigenvalue weighted by atomic mass is 32.1. The van der Waals surface area contributed by atoms with Gasteiger partial charge in [-0.3, -0.25) is 0 Å². The number of rotatable bonds is 6. The highest BCUT2D eigenvalue weighted by Gasteiger charge is 2.27. The molecule has 5 rings (SSSR count). The zero-order valence-electron chi connectivity index (χ0n) is 20.6. The van der Waals surface area contributed by atoms with Gasteiger partial charge in [0.2, 0.25) is 0 Å². The van der Waals surface area contributed by atoms with Crippen molar-refractivity contribution in [2.45, 2.75) is 39.0 Å². The Kier molecular flexibility index (Phi) is 6.86. The summed E-state index contributed by atoms with van der Waals surface area (Å²) in [4.78, 5) is 25.5. The quantitative estimate of drug-likeness (QED) is 0.335. The van der Waals surface area contributed by atoms with E-state index in [1.54, 1.807) is 17.0 Å². The molecule has 0 atom stereocenters. The predicted octanol–water partition coefficient (Wildman–Crippen LogP) is 5.66. The average Bonchev–Trinajstić information content (AvgIpc) is 3.54. The van der Waals surface area contributed by atoms with Crippen LogP contribution in [0.25, 0.3) is 16.9 Å². The van der Waals surface area contributed by atoms with Gasteiger partial charge in [0.15, 0.2) is 16.6 Å². The fourth-order valence-corrected chi connectivity index (χ4v) is 5.41. The Morgan fingerprint density at radius 1 is 1.14 bits per heavy atom. The Labute approximate surface area is 213 Å². The summed E-state index contributed by atoms with van der Waals surface area (Å²) in [6, 6.07) is 10.4. The van der Waals surface area contributed by atoms with E-state index in [4.69, 9.17) is 19.8 Å². The van der Waals surface area contributed by atoms with E-state index in [-0.39, 0.29) is 17.8 Å². The third kappa shape index (κ3) is 4.65. The van der Waals surface area contributed by atoms with E-state index in [0.29, 0.717) is 19.7 Å². The number of aromatic nitrogens is 4. The van der Waals surface area contributed by atoms with E-state index in [1.165, 1.54) is 23.5 Å². The minimum atomic E-state index is -0.266. The Morgan fingerprint density at radius 3 is 2.58 bits per heavy atom. The summed E-state index contributed by atoms with van der Waals surface area (Å²) in [5.41, 5.74) is 4.40. The van der Waals surface area contributed by atoms with Gasteiger partial charge in [-0.15, -0.1) is 11.3 Å². The predicted molar refractivity (Wildman–Crippen MR) is 139 cm³/mol. The summed E-state index contributed by atoms with van der Waals surface area (Å²) in [5, 5.41) is 7.79. The largest absolute Gasteiger partial charge is 0.450 e. The van der Waals surface area contributed by atoms with E-state index < -0.39 is 0 Å². The van der Waals surface area contributed by atoms with Gasteiger partial charge in [0.05, 0.1) is 23.7 Å². The van der Waals surface area contributed by atoms with E-state index in [9.17, 15) is 9.18 Å². The maximum Gasteiger partial charge on any atom is 0.409 e. The minimum absolute atomic E-state index is 0.242. The first-order chi connectivity index (χ1) is 17.5.